The van der Waals surface area contributed by atoms with E-state index in [9.17, 15) is 18.0 Å². The minimum Gasteiger partial charge on any atom is -0.495 e. The average molecular weight is 682 g/mol. The standard InChI is InChI=1S/C30H35F3IN5O2/c1-28(36-3)12-14-29(34,15-13-28)38-23-8-5-9-25-22(23)18-21(39(25)19-30(31,32)33)7-6-16-37-24-11-10-20(27(40)35-2)17-26(24)41-4/h5,8-11,17-18,36-38H,12-16,19H2,1-4H3,(H,35,40)/t28-,29+. The van der Waals surface area contributed by atoms with E-state index in [1.807, 2.05) is 13.1 Å². The largest absolute Gasteiger partial charge is 0.495 e. The van der Waals surface area contributed by atoms with Gasteiger partial charge in [-0.2, -0.15) is 13.2 Å². The molecule has 4 N–H and O–H groups in total. The molecule has 0 radical (unpaired) electrons. The monoisotopic (exact) mass is 681 g/mol. The third-order valence-corrected chi connectivity index (χ3v) is 9.01. The number of methoxy groups -OCH3 is 1. The van der Waals surface area contributed by atoms with Gasteiger partial charge in [-0.05, 0) is 82.0 Å². The molecule has 0 bridgehead atoms. The zero-order chi connectivity index (χ0) is 29.8. The first kappa shape index (κ1) is 30.8. The normalized spacial score (nSPS) is 20.7. The molecule has 1 fully saturated rings. The van der Waals surface area contributed by atoms with E-state index in [2.05, 4.69) is 62.6 Å². The Balaban J connectivity index is 1.59. The molecule has 1 heterocycles. The third kappa shape index (κ3) is 7.40. The van der Waals surface area contributed by atoms with Crippen molar-refractivity contribution in [2.75, 3.05) is 38.4 Å². The molecule has 41 heavy (non-hydrogen) atoms. The van der Waals surface area contributed by atoms with Gasteiger partial charge in [0.1, 0.15) is 12.3 Å². The highest BCUT2D eigenvalue weighted by atomic mass is 127. The SMILES string of the molecule is CNC(=O)c1ccc(NCC#Cc2cc3c(N[C@]4(I)CC[C@](C)(NC)CC4)cccc3n2CC(F)(F)F)c(OC)c1. The third-order valence-electron chi connectivity index (χ3n) is 7.67. The summed E-state index contributed by atoms with van der Waals surface area (Å²) in [4.78, 5) is 11.9. The maximum atomic E-state index is 13.6. The highest BCUT2D eigenvalue weighted by Crippen LogP contribution is 2.42. The van der Waals surface area contributed by atoms with Crippen molar-refractivity contribution < 1.29 is 22.7 Å². The molecular formula is C30H35F3IN5O2. The van der Waals surface area contributed by atoms with Crippen LogP contribution in [-0.2, 0) is 6.54 Å². The number of carbonyl (C=O) groups excluding carboxylic acids is 1. The Morgan fingerprint density at radius 2 is 1.83 bits per heavy atom. The second kappa shape index (κ2) is 12.4. The van der Waals surface area contributed by atoms with E-state index in [1.54, 1.807) is 43.4 Å². The molecule has 1 saturated carbocycles. The number of aromatic nitrogens is 1. The first-order valence-electron chi connectivity index (χ1n) is 13.4. The van der Waals surface area contributed by atoms with Crippen molar-refractivity contribution in [3.63, 3.8) is 0 Å². The van der Waals surface area contributed by atoms with Crippen molar-refractivity contribution in [2.45, 2.75) is 54.4 Å². The number of nitrogens with one attached hydrogen (secondary N) is 4. The Bertz CT molecular complexity index is 1470. The summed E-state index contributed by atoms with van der Waals surface area (Å²) in [5, 5.41) is 13.4. The fraction of sp³-hybridized carbons (Fsp3) is 0.433. The van der Waals surface area contributed by atoms with Crippen LogP contribution in [0.2, 0.25) is 0 Å². The Labute approximate surface area is 252 Å². The fourth-order valence-corrected chi connectivity index (χ4v) is 5.89. The minimum absolute atomic E-state index is 0.0887. The number of amides is 1. The van der Waals surface area contributed by atoms with Gasteiger partial charge in [0.2, 0.25) is 0 Å². The van der Waals surface area contributed by atoms with Crippen molar-refractivity contribution in [1.82, 2.24) is 15.2 Å². The van der Waals surface area contributed by atoms with Crippen molar-refractivity contribution in [1.29, 1.82) is 0 Å². The second-order valence-corrected chi connectivity index (χ2v) is 12.6. The van der Waals surface area contributed by atoms with E-state index < -0.39 is 12.7 Å². The van der Waals surface area contributed by atoms with Crippen LogP contribution in [0.15, 0.2) is 42.5 Å². The molecule has 1 aliphatic carbocycles. The second-order valence-electron chi connectivity index (χ2n) is 10.5. The first-order chi connectivity index (χ1) is 19.4. The van der Waals surface area contributed by atoms with Crippen LogP contribution >= 0.6 is 22.6 Å². The molecule has 0 aliphatic heterocycles. The van der Waals surface area contributed by atoms with E-state index in [0.717, 1.165) is 31.4 Å². The van der Waals surface area contributed by atoms with Crippen LogP contribution in [0.5, 0.6) is 5.75 Å². The van der Waals surface area contributed by atoms with Crippen molar-refractivity contribution in [3.05, 3.63) is 53.7 Å². The molecule has 0 unspecified atom stereocenters. The zero-order valence-corrected chi connectivity index (χ0v) is 25.7. The summed E-state index contributed by atoms with van der Waals surface area (Å²) >= 11 is 2.45. The predicted octanol–water partition coefficient (Wildman–Crippen LogP) is 6.13. The number of rotatable bonds is 8. The average Bonchev–Trinajstić information content (AvgIpc) is 3.29. The topological polar surface area (TPSA) is 79.4 Å². The Hall–Kier alpha value is -3.11. The number of alkyl halides is 4. The minimum atomic E-state index is -4.41. The molecule has 4 rings (SSSR count). The van der Waals surface area contributed by atoms with Gasteiger partial charge in [-0.3, -0.25) is 4.79 Å². The molecule has 220 valence electrons. The summed E-state index contributed by atoms with van der Waals surface area (Å²) in [6.45, 7) is 1.24. The van der Waals surface area contributed by atoms with E-state index in [1.165, 1.54) is 11.7 Å². The summed E-state index contributed by atoms with van der Waals surface area (Å²) < 4.78 is 47.3. The number of halogens is 4. The number of anilines is 2. The quantitative estimate of drug-likeness (QED) is 0.0997. The van der Waals surface area contributed by atoms with Gasteiger partial charge >= 0.3 is 6.18 Å². The zero-order valence-electron chi connectivity index (χ0n) is 23.6. The lowest BCUT2D eigenvalue weighted by Gasteiger charge is -2.43. The predicted molar refractivity (Wildman–Crippen MR) is 166 cm³/mol. The summed E-state index contributed by atoms with van der Waals surface area (Å²) in [5.41, 5.74) is 2.71. The van der Waals surface area contributed by atoms with Gasteiger partial charge in [0.25, 0.3) is 5.91 Å². The number of ether oxygens (including phenoxy) is 1. The number of benzene rings is 2. The maximum Gasteiger partial charge on any atom is 0.406 e. The van der Waals surface area contributed by atoms with E-state index in [4.69, 9.17) is 4.74 Å². The number of hydrogen-bond acceptors (Lipinski definition) is 5. The first-order valence-corrected chi connectivity index (χ1v) is 14.4. The van der Waals surface area contributed by atoms with E-state index in [0.29, 0.717) is 27.9 Å². The Morgan fingerprint density at radius 1 is 1.10 bits per heavy atom. The van der Waals surface area contributed by atoms with Crippen molar-refractivity contribution in [3.8, 4) is 17.6 Å². The number of carbonyl (C=O) groups is 1. The Kier molecular flexibility index (Phi) is 9.33. The molecule has 1 amide bonds. The molecule has 0 atom stereocenters. The molecule has 2 aromatic carbocycles. The molecular weight excluding hydrogens is 646 g/mol. The van der Waals surface area contributed by atoms with Crippen LogP contribution in [0, 0.1) is 11.8 Å². The van der Waals surface area contributed by atoms with Crippen LogP contribution in [0.3, 0.4) is 0 Å². The summed E-state index contributed by atoms with van der Waals surface area (Å²) in [7, 11) is 5.02. The van der Waals surface area contributed by atoms with Gasteiger partial charge in [0.05, 0.1) is 34.1 Å². The van der Waals surface area contributed by atoms with Gasteiger partial charge in [-0.1, -0.05) is 34.6 Å². The summed E-state index contributed by atoms with van der Waals surface area (Å²) in [6, 6.07) is 12.1. The van der Waals surface area contributed by atoms with Crippen molar-refractivity contribution in [2.24, 2.45) is 0 Å². The van der Waals surface area contributed by atoms with Crippen LogP contribution < -0.4 is 26.0 Å². The summed E-state index contributed by atoms with van der Waals surface area (Å²) in [6.07, 6.45) is -0.566. The number of nitrogens with zero attached hydrogens (tertiary/aromatic N) is 1. The van der Waals surface area contributed by atoms with Crippen LogP contribution in [0.4, 0.5) is 24.5 Å². The lowest BCUT2D eigenvalue weighted by atomic mass is 9.81. The van der Waals surface area contributed by atoms with Crippen LogP contribution in [0.25, 0.3) is 10.9 Å². The van der Waals surface area contributed by atoms with Crippen molar-refractivity contribution >= 4 is 50.8 Å². The molecule has 1 aliphatic rings. The van der Waals surface area contributed by atoms with Crippen LogP contribution in [0.1, 0.15) is 48.7 Å². The highest BCUT2D eigenvalue weighted by molar-refractivity contribution is 14.1. The van der Waals surface area contributed by atoms with Gasteiger partial charge in [0, 0.05) is 29.2 Å². The van der Waals surface area contributed by atoms with Gasteiger partial charge in [0.15, 0.2) is 0 Å². The van der Waals surface area contributed by atoms with Gasteiger partial charge in [-0.25, -0.2) is 0 Å². The van der Waals surface area contributed by atoms with Gasteiger partial charge < -0.3 is 30.6 Å². The molecule has 0 spiro atoms. The number of fused-ring (bicyclic) bond motifs is 1. The maximum absolute atomic E-state index is 13.6. The van der Waals surface area contributed by atoms with Crippen LogP contribution in [-0.4, -0.2) is 53.5 Å². The molecule has 1 aromatic heterocycles. The molecule has 7 nitrogen and oxygen atoms in total. The molecule has 11 heteroatoms. The molecule has 0 saturated heterocycles. The van der Waals surface area contributed by atoms with E-state index >= 15 is 0 Å². The highest BCUT2D eigenvalue weighted by Gasteiger charge is 2.38. The molecule has 3 aromatic rings. The smallest absolute Gasteiger partial charge is 0.406 e. The Morgan fingerprint density at radius 3 is 2.46 bits per heavy atom. The number of hydrogen-bond donors (Lipinski definition) is 4. The lowest BCUT2D eigenvalue weighted by Crippen LogP contribution is -2.48. The van der Waals surface area contributed by atoms with Gasteiger partial charge in [-0.15, -0.1) is 0 Å². The van der Waals surface area contributed by atoms with E-state index in [-0.39, 0.29) is 27.2 Å². The lowest BCUT2D eigenvalue weighted by molar-refractivity contribution is -0.140. The summed E-state index contributed by atoms with van der Waals surface area (Å²) in [5.74, 6) is 6.10. The fourth-order valence-electron chi connectivity index (χ4n) is 5.06.